The highest BCUT2D eigenvalue weighted by molar-refractivity contribution is 5.45. The van der Waals surface area contributed by atoms with Crippen LogP contribution in [0.2, 0.25) is 0 Å². The molecule has 3 nitrogen and oxygen atoms in total. The van der Waals surface area contributed by atoms with Crippen molar-refractivity contribution in [3.63, 3.8) is 0 Å². The summed E-state index contributed by atoms with van der Waals surface area (Å²) in [6.07, 6.45) is 1.85. The first-order valence-electron chi connectivity index (χ1n) is 3.34. The van der Waals surface area contributed by atoms with Crippen LogP contribution in [0.1, 0.15) is 0 Å². The lowest BCUT2D eigenvalue weighted by atomic mass is 9.53. The normalized spacial score (nSPS) is 87.8. The number of nitrogens with zero attached hydrogens (tertiary/aromatic N) is 3. The van der Waals surface area contributed by atoms with Crippen molar-refractivity contribution in [2.24, 2.45) is 0 Å². The van der Waals surface area contributed by atoms with Gasteiger partial charge in [-0.15, -0.1) is 0 Å². The predicted molar refractivity (Wildman–Crippen MR) is 24.5 cm³/mol. The molecular weight excluding hydrogens is 102 g/mol. The number of hydrogen-bond donors (Lipinski definition) is 0. The zero-order valence-electron chi connectivity index (χ0n) is 4.23. The fourth-order valence-electron chi connectivity index (χ4n) is 3.36. The van der Waals surface area contributed by atoms with Gasteiger partial charge in [-0.2, -0.15) is 0 Å². The minimum atomic E-state index is 0.926. The molecule has 6 aliphatic rings. The first-order chi connectivity index (χ1) is 4.00. The van der Waals surface area contributed by atoms with E-state index in [1.807, 2.05) is 0 Å². The zero-order chi connectivity index (χ0) is 4.62. The number of piperazine rings is 4. The Morgan fingerprint density at radius 1 is 0.750 bits per heavy atom. The van der Waals surface area contributed by atoms with Gasteiger partial charge in [-0.05, 0) is 0 Å². The lowest BCUT2D eigenvalue weighted by Gasteiger charge is -3.04. The molecule has 0 aromatic rings. The van der Waals surface area contributed by atoms with Gasteiger partial charge in [0.1, 0.15) is 0 Å². The van der Waals surface area contributed by atoms with E-state index in [1.54, 1.807) is 0 Å². The van der Waals surface area contributed by atoms with Gasteiger partial charge in [-0.1, -0.05) is 0 Å². The Morgan fingerprint density at radius 3 is 1.62 bits per heavy atom. The summed E-state index contributed by atoms with van der Waals surface area (Å²) in [5, 5.41) is 5.08. The molecule has 0 amide bonds. The minimum Gasteiger partial charge on any atom is -0.260 e. The van der Waals surface area contributed by atoms with Gasteiger partial charge in [0, 0.05) is 0 Å². The van der Waals surface area contributed by atoms with Crippen molar-refractivity contribution in [3.05, 3.63) is 0 Å². The van der Waals surface area contributed by atoms with E-state index < -0.39 is 0 Å². The average molecular weight is 107 g/mol. The van der Waals surface area contributed by atoms with E-state index in [4.69, 9.17) is 0 Å². The SMILES string of the molecule is C12C3C4N1C1C2N3N41. The first kappa shape index (κ1) is 2.64. The van der Waals surface area contributed by atoms with Crippen molar-refractivity contribution in [1.82, 2.24) is 14.9 Å². The maximum absolute atomic E-state index is 2.65. The fourth-order valence-corrected chi connectivity index (χ4v) is 3.36. The van der Waals surface area contributed by atoms with Crippen molar-refractivity contribution in [2.75, 3.05) is 0 Å². The van der Waals surface area contributed by atoms with Gasteiger partial charge in [0.25, 0.3) is 0 Å². The fraction of sp³-hybridized carbons (Fsp3) is 1.00. The summed E-state index contributed by atoms with van der Waals surface area (Å²) < 4.78 is 0. The number of hydrazine groups is 1. The number of rotatable bonds is 0. The summed E-state index contributed by atoms with van der Waals surface area (Å²) in [6, 6.07) is 3.09. The summed E-state index contributed by atoms with van der Waals surface area (Å²) in [6.45, 7) is 0. The monoisotopic (exact) mass is 107 g/mol. The molecule has 6 fully saturated rings. The molecule has 0 bridgehead atoms. The Labute approximate surface area is 46.4 Å². The van der Waals surface area contributed by atoms with Crippen LogP contribution in [-0.2, 0) is 0 Å². The number of piperidine rings is 2. The van der Waals surface area contributed by atoms with Crippen LogP contribution in [0.15, 0.2) is 0 Å². The van der Waals surface area contributed by atoms with E-state index in [2.05, 4.69) is 14.9 Å². The third-order valence-corrected chi connectivity index (χ3v) is 3.69. The van der Waals surface area contributed by atoms with Crippen molar-refractivity contribution in [1.29, 1.82) is 0 Å². The van der Waals surface area contributed by atoms with E-state index in [-0.39, 0.29) is 0 Å². The van der Waals surface area contributed by atoms with Gasteiger partial charge < -0.3 is 0 Å². The average Bonchev–Trinajstić information content (AvgIpc) is 1.90. The molecular formula is C5H5N3. The van der Waals surface area contributed by atoms with Crippen LogP contribution in [0, 0.1) is 0 Å². The Balaban J connectivity index is 2.00. The summed E-state index contributed by atoms with van der Waals surface area (Å²) in [4.78, 5) is 2.65. The van der Waals surface area contributed by atoms with Crippen molar-refractivity contribution >= 4 is 0 Å². The molecule has 40 valence electrons. The molecule has 6 aliphatic heterocycles. The standard InChI is InChI=1S/C5H5N3/c1-2-4-6(1)5-3(1)7(2)8(4)5/h1-5H. The molecule has 6 heterocycles. The molecule has 4 atom stereocenters. The van der Waals surface area contributed by atoms with E-state index >= 15 is 0 Å². The number of hydrogen-bond acceptors (Lipinski definition) is 3. The molecule has 0 aliphatic carbocycles. The molecule has 0 aromatic carbocycles. The van der Waals surface area contributed by atoms with Gasteiger partial charge >= 0.3 is 0 Å². The second-order valence-corrected chi connectivity index (χ2v) is 3.51. The van der Waals surface area contributed by atoms with E-state index in [1.165, 1.54) is 0 Å². The smallest absolute Gasteiger partial charge is 0.0983 e. The van der Waals surface area contributed by atoms with Crippen LogP contribution in [0.4, 0.5) is 0 Å². The highest BCUT2D eigenvalue weighted by Gasteiger charge is 2.97. The molecule has 4 unspecified atom stereocenters. The molecule has 0 radical (unpaired) electrons. The molecule has 6 saturated heterocycles. The summed E-state index contributed by atoms with van der Waals surface area (Å²) >= 11 is 0. The lowest BCUT2D eigenvalue weighted by Crippen LogP contribution is -3.25. The van der Waals surface area contributed by atoms with Crippen LogP contribution in [0.25, 0.3) is 0 Å². The molecule has 6 rings (SSSR count). The maximum Gasteiger partial charge on any atom is 0.0983 e. The van der Waals surface area contributed by atoms with Gasteiger partial charge in [-0.25, -0.2) is 10.0 Å². The third-order valence-electron chi connectivity index (χ3n) is 3.69. The summed E-state index contributed by atoms with van der Waals surface area (Å²) in [5.74, 6) is 0. The van der Waals surface area contributed by atoms with Crippen LogP contribution in [0.3, 0.4) is 0 Å². The minimum absolute atomic E-state index is 0.926. The van der Waals surface area contributed by atoms with Gasteiger partial charge in [0.05, 0.1) is 30.5 Å². The molecule has 0 saturated carbocycles. The Bertz CT molecular complexity index is 118. The predicted octanol–water partition coefficient (Wildman–Crippen LogP) is -1.37. The van der Waals surface area contributed by atoms with Crippen LogP contribution in [0.5, 0.6) is 0 Å². The highest BCUT2D eigenvalue weighted by atomic mass is 16.1. The molecule has 3 heteroatoms. The summed E-state index contributed by atoms with van der Waals surface area (Å²) in [7, 11) is 0. The van der Waals surface area contributed by atoms with E-state index in [0.29, 0.717) is 0 Å². The molecule has 0 N–H and O–H groups in total. The summed E-state index contributed by atoms with van der Waals surface area (Å²) in [5.41, 5.74) is 0. The zero-order valence-corrected chi connectivity index (χ0v) is 4.23. The molecule has 0 aromatic heterocycles. The Morgan fingerprint density at radius 2 is 1.50 bits per heavy atom. The largest absolute Gasteiger partial charge is 0.260 e. The Kier molecular flexibility index (Phi) is 0.138. The first-order valence-corrected chi connectivity index (χ1v) is 3.34. The van der Waals surface area contributed by atoms with Crippen molar-refractivity contribution in [2.45, 2.75) is 30.5 Å². The van der Waals surface area contributed by atoms with Gasteiger partial charge in [-0.3, -0.25) is 4.90 Å². The maximum atomic E-state index is 2.65. The van der Waals surface area contributed by atoms with Gasteiger partial charge in [0.2, 0.25) is 0 Å². The second kappa shape index (κ2) is 0.417. The topological polar surface area (TPSA) is 9.72 Å². The highest BCUT2D eigenvalue weighted by Crippen LogP contribution is 2.76. The second-order valence-electron chi connectivity index (χ2n) is 3.51. The van der Waals surface area contributed by atoms with E-state index in [9.17, 15) is 0 Å². The third kappa shape index (κ3) is 0.0611. The molecule has 8 heavy (non-hydrogen) atoms. The van der Waals surface area contributed by atoms with E-state index in [0.717, 1.165) is 30.5 Å². The molecule has 0 spiro atoms. The lowest BCUT2D eigenvalue weighted by molar-refractivity contribution is -0.659. The quantitative estimate of drug-likeness (QED) is 0.378. The van der Waals surface area contributed by atoms with Crippen molar-refractivity contribution in [3.8, 4) is 0 Å². The Hall–Kier alpha value is -0.120. The van der Waals surface area contributed by atoms with Crippen LogP contribution >= 0.6 is 0 Å². The van der Waals surface area contributed by atoms with Crippen LogP contribution < -0.4 is 0 Å². The van der Waals surface area contributed by atoms with Crippen molar-refractivity contribution < 1.29 is 0 Å². The van der Waals surface area contributed by atoms with Crippen LogP contribution in [-0.4, -0.2) is 45.4 Å². The van der Waals surface area contributed by atoms with Gasteiger partial charge in [0.15, 0.2) is 0 Å².